The number of rotatable bonds is 5. The lowest BCUT2D eigenvalue weighted by molar-refractivity contribution is 0.102. The summed E-state index contributed by atoms with van der Waals surface area (Å²) in [5, 5.41) is 2.46. The summed E-state index contributed by atoms with van der Waals surface area (Å²) in [4.78, 5) is 12.8. The molecule has 0 aromatic heterocycles. The smallest absolute Gasteiger partial charge is 0.255 e. The van der Waals surface area contributed by atoms with E-state index in [2.05, 4.69) is 5.32 Å². The van der Waals surface area contributed by atoms with Crippen molar-refractivity contribution in [2.45, 2.75) is 23.0 Å². The number of sulfone groups is 1. The standard InChI is InChI=1S/C22H19FN2O3S/c23-17-6-1-14(2-7-17)16-5-12-20(24)21(13-16)25-22(26)15-3-8-18(9-4-15)29(27,28)19-10-11-19/h1-9,12-13,19H,10-11,24H2,(H,25,26). The van der Waals surface area contributed by atoms with Crippen molar-refractivity contribution in [3.05, 3.63) is 78.1 Å². The molecule has 29 heavy (non-hydrogen) atoms. The Balaban J connectivity index is 1.55. The number of hydrogen-bond acceptors (Lipinski definition) is 4. The fraction of sp³-hybridized carbons (Fsp3) is 0.136. The minimum absolute atomic E-state index is 0.231. The van der Waals surface area contributed by atoms with Crippen LogP contribution in [0.1, 0.15) is 23.2 Å². The van der Waals surface area contributed by atoms with Gasteiger partial charge in [-0.15, -0.1) is 0 Å². The van der Waals surface area contributed by atoms with Crippen LogP contribution >= 0.6 is 0 Å². The van der Waals surface area contributed by atoms with E-state index in [1.54, 1.807) is 30.3 Å². The number of benzene rings is 3. The maximum absolute atomic E-state index is 13.1. The Morgan fingerprint density at radius 3 is 2.17 bits per heavy atom. The van der Waals surface area contributed by atoms with Gasteiger partial charge in [0.2, 0.25) is 0 Å². The Hall–Kier alpha value is -3.19. The SMILES string of the molecule is Nc1ccc(-c2ccc(F)cc2)cc1NC(=O)c1ccc(S(=O)(=O)C2CC2)cc1. The highest BCUT2D eigenvalue weighted by atomic mass is 32.2. The van der Waals surface area contributed by atoms with Gasteiger partial charge in [0.1, 0.15) is 5.82 Å². The quantitative estimate of drug-likeness (QED) is 0.615. The third kappa shape index (κ3) is 4.00. The molecule has 1 saturated carbocycles. The molecular formula is C22H19FN2O3S. The first-order chi connectivity index (χ1) is 13.8. The summed E-state index contributed by atoms with van der Waals surface area (Å²) in [6, 6.07) is 17.1. The molecule has 7 heteroatoms. The molecule has 0 bridgehead atoms. The largest absolute Gasteiger partial charge is 0.397 e. The number of carbonyl (C=O) groups excluding carboxylic acids is 1. The first-order valence-corrected chi connectivity index (χ1v) is 10.7. The van der Waals surface area contributed by atoms with E-state index in [0.29, 0.717) is 29.8 Å². The van der Waals surface area contributed by atoms with Crippen LogP contribution in [-0.4, -0.2) is 19.6 Å². The molecule has 5 nitrogen and oxygen atoms in total. The molecule has 4 rings (SSSR count). The second-order valence-electron chi connectivity index (χ2n) is 7.03. The molecule has 0 atom stereocenters. The maximum atomic E-state index is 13.1. The van der Waals surface area contributed by atoms with Gasteiger partial charge in [-0.1, -0.05) is 18.2 Å². The molecule has 0 saturated heterocycles. The average molecular weight is 410 g/mol. The average Bonchev–Trinajstić information content (AvgIpc) is 3.56. The zero-order valence-corrected chi connectivity index (χ0v) is 16.2. The van der Waals surface area contributed by atoms with Crippen LogP contribution in [-0.2, 0) is 9.84 Å². The molecule has 3 aromatic rings. The van der Waals surface area contributed by atoms with Gasteiger partial charge in [-0.25, -0.2) is 12.8 Å². The first-order valence-electron chi connectivity index (χ1n) is 9.15. The monoisotopic (exact) mass is 410 g/mol. The Kier molecular flexibility index (Phi) is 4.84. The van der Waals surface area contributed by atoms with Gasteiger partial charge in [0.25, 0.3) is 5.91 Å². The van der Waals surface area contributed by atoms with E-state index in [-0.39, 0.29) is 16.0 Å². The predicted molar refractivity (Wildman–Crippen MR) is 111 cm³/mol. The number of hydrogen-bond donors (Lipinski definition) is 2. The number of nitrogen functional groups attached to an aromatic ring is 1. The summed E-state index contributed by atoms with van der Waals surface area (Å²) in [5.74, 6) is -0.729. The summed E-state index contributed by atoms with van der Waals surface area (Å²) >= 11 is 0. The van der Waals surface area contributed by atoms with E-state index in [9.17, 15) is 17.6 Å². The van der Waals surface area contributed by atoms with Crippen LogP contribution in [0, 0.1) is 5.82 Å². The number of carbonyl (C=O) groups is 1. The van der Waals surface area contributed by atoms with E-state index >= 15 is 0 Å². The second-order valence-corrected chi connectivity index (χ2v) is 9.26. The third-order valence-electron chi connectivity index (χ3n) is 4.89. The Labute approximate surface area is 168 Å². The van der Waals surface area contributed by atoms with Crippen LogP contribution < -0.4 is 11.1 Å². The molecule has 1 fully saturated rings. The fourth-order valence-electron chi connectivity index (χ4n) is 3.05. The maximum Gasteiger partial charge on any atom is 0.255 e. The third-order valence-corrected chi connectivity index (χ3v) is 7.17. The van der Waals surface area contributed by atoms with Crippen molar-refractivity contribution in [1.82, 2.24) is 0 Å². The molecule has 3 aromatic carbocycles. The van der Waals surface area contributed by atoms with E-state index in [1.165, 1.54) is 36.4 Å². The highest BCUT2D eigenvalue weighted by Crippen LogP contribution is 2.33. The second kappa shape index (κ2) is 7.33. The van der Waals surface area contributed by atoms with Gasteiger partial charge in [0.05, 0.1) is 21.5 Å². The van der Waals surface area contributed by atoms with E-state index in [0.717, 1.165) is 11.1 Å². The molecule has 3 N–H and O–H groups in total. The summed E-state index contributed by atoms with van der Waals surface area (Å²) < 4.78 is 37.7. The molecule has 0 aliphatic heterocycles. The molecular weight excluding hydrogens is 391 g/mol. The van der Waals surface area contributed by atoms with Crippen LogP contribution in [0.4, 0.5) is 15.8 Å². The lowest BCUT2D eigenvalue weighted by Gasteiger charge is -2.11. The van der Waals surface area contributed by atoms with Gasteiger partial charge >= 0.3 is 0 Å². The van der Waals surface area contributed by atoms with Crippen molar-refractivity contribution >= 4 is 27.1 Å². The summed E-state index contributed by atoms with van der Waals surface area (Å²) in [6.07, 6.45) is 1.38. The number of halogens is 1. The number of nitrogens with one attached hydrogen (secondary N) is 1. The van der Waals surface area contributed by atoms with Crippen molar-refractivity contribution in [1.29, 1.82) is 0 Å². The molecule has 0 spiro atoms. The van der Waals surface area contributed by atoms with Crippen molar-refractivity contribution in [3.8, 4) is 11.1 Å². The van der Waals surface area contributed by atoms with Crippen LogP contribution in [0.15, 0.2) is 71.6 Å². The summed E-state index contributed by atoms with van der Waals surface area (Å²) in [5.41, 5.74) is 8.69. The number of nitrogens with two attached hydrogens (primary N) is 1. The zero-order valence-electron chi connectivity index (χ0n) is 15.4. The van der Waals surface area contributed by atoms with Crippen LogP contribution in [0.2, 0.25) is 0 Å². The van der Waals surface area contributed by atoms with Gasteiger partial charge in [-0.2, -0.15) is 0 Å². The van der Waals surface area contributed by atoms with Gasteiger partial charge in [-0.3, -0.25) is 4.79 Å². The minimum Gasteiger partial charge on any atom is -0.397 e. The molecule has 1 amide bonds. The summed E-state index contributed by atoms with van der Waals surface area (Å²) in [6.45, 7) is 0. The van der Waals surface area contributed by atoms with E-state index in [4.69, 9.17) is 5.73 Å². The lowest BCUT2D eigenvalue weighted by atomic mass is 10.0. The molecule has 0 heterocycles. The van der Waals surface area contributed by atoms with Crippen molar-refractivity contribution < 1.29 is 17.6 Å². The van der Waals surface area contributed by atoms with Gasteiger partial charge in [-0.05, 0) is 72.5 Å². The number of anilines is 2. The van der Waals surface area contributed by atoms with E-state index < -0.39 is 15.7 Å². The fourth-order valence-corrected chi connectivity index (χ4v) is 4.70. The Morgan fingerprint density at radius 2 is 1.55 bits per heavy atom. The van der Waals surface area contributed by atoms with Crippen LogP contribution in [0.3, 0.4) is 0 Å². The Morgan fingerprint density at radius 1 is 0.931 bits per heavy atom. The first kappa shape index (κ1) is 19.1. The Bertz CT molecular complexity index is 1170. The molecule has 1 aliphatic rings. The van der Waals surface area contributed by atoms with E-state index in [1.807, 2.05) is 0 Å². The molecule has 0 unspecified atom stereocenters. The van der Waals surface area contributed by atoms with Crippen molar-refractivity contribution in [3.63, 3.8) is 0 Å². The van der Waals surface area contributed by atoms with Gasteiger partial charge in [0, 0.05) is 5.56 Å². The van der Waals surface area contributed by atoms with Crippen LogP contribution in [0.25, 0.3) is 11.1 Å². The van der Waals surface area contributed by atoms with Crippen LogP contribution in [0.5, 0.6) is 0 Å². The highest BCUT2D eigenvalue weighted by Gasteiger charge is 2.36. The van der Waals surface area contributed by atoms with Crippen molar-refractivity contribution in [2.24, 2.45) is 0 Å². The lowest BCUT2D eigenvalue weighted by Crippen LogP contribution is -2.14. The number of amides is 1. The molecule has 148 valence electrons. The molecule has 1 aliphatic carbocycles. The highest BCUT2D eigenvalue weighted by molar-refractivity contribution is 7.92. The predicted octanol–water partition coefficient (Wildman–Crippen LogP) is 4.26. The summed E-state index contributed by atoms with van der Waals surface area (Å²) in [7, 11) is -3.29. The molecule has 0 radical (unpaired) electrons. The topological polar surface area (TPSA) is 89.3 Å². The van der Waals surface area contributed by atoms with Gasteiger partial charge in [0.15, 0.2) is 9.84 Å². The van der Waals surface area contributed by atoms with Gasteiger partial charge < -0.3 is 11.1 Å². The normalized spacial score (nSPS) is 13.8. The minimum atomic E-state index is -3.29. The van der Waals surface area contributed by atoms with Crippen molar-refractivity contribution in [2.75, 3.05) is 11.1 Å². The zero-order chi connectivity index (χ0) is 20.6.